The van der Waals surface area contributed by atoms with E-state index in [9.17, 15) is 29.6 Å². The standard InChI is InChI=1S/C21H18N2O7/c24-16(25)11-6-12-22-18(14-9-4-5-10-15(14)23(29)30)17(20(27)21(22)28)19(26)13-7-2-1-3-8-13/h1-5,7-10,18,26H,6,11-12H2,(H,24,25)/b19-17+/t18-/m0/s1. The Bertz CT molecular complexity index is 1050. The van der Waals surface area contributed by atoms with E-state index in [4.69, 9.17) is 5.11 Å². The molecule has 1 amide bonds. The average molecular weight is 410 g/mol. The number of amides is 1. The number of carbonyl (C=O) groups excluding carboxylic acids is 2. The summed E-state index contributed by atoms with van der Waals surface area (Å²) < 4.78 is 0. The van der Waals surface area contributed by atoms with Crippen LogP contribution in [-0.2, 0) is 14.4 Å². The van der Waals surface area contributed by atoms with Gasteiger partial charge in [0.1, 0.15) is 5.76 Å². The number of hydrogen-bond acceptors (Lipinski definition) is 6. The number of Topliss-reactive ketones (excluding diaryl/α,β-unsaturated/α-hetero) is 1. The molecule has 1 saturated heterocycles. The molecule has 0 saturated carbocycles. The fourth-order valence-corrected chi connectivity index (χ4v) is 3.47. The van der Waals surface area contributed by atoms with E-state index in [1.165, 1.54) is 24.3 Å². The zero-order valence-electron chi connectivity index (χ0n) is 15.7. The second-order valence-corrected chi connectivity index (χ2v) is 6.67. The van der Waals surface area contributed by atoms with Crippen molar-refractivity contribution in [2.24, 2.45) is 0 Å². The summed E-state index contributed by atoms with van der Waals surface area (Å²) in [5.41, 5.74) is -0.235. The van der Waals surface area contributed by atoms with Gasteiger partial charge in [-0.3, -0.25) is 24.5 Å². The maximum absolute atomic E-state index is 12.8. The molecule has 1 atom stereocenters. The van der Waals surface area contributed by atoms with Crippen LogP contribution in [0.15, 0.2) is 60.2 Å². The number of nitro groups is 1. The number of rotatable bonds is 7. The Morgan fingerprint density at radius 3 is 2.30 bits per heavy atom. The molecular formula is C21H18N2O7. The van der Waals surface area contributed by atoms with E-state index in [2.05, 4.69) is 0 Å². The Morgan fingerprint density at radius 2 is 1.67 bits per heavy atom. The Labute approximate surface area is 171 Å². The smallest absolute Gasteiger partial charge is 0.303 e. The molecule has 154 valence electrons. The summed E-state index contributed by atoms with van der Waals surface area (Å²) in [6, 6.07) is 12.5. The molecule has 2 aromatic carbocycles. The third kappa shape index (κ3) is 3.90. The first-order valence-electron chi connectivity index (χ1n) is 9.12. The SMILES string of the molecule is O=C(O)CCCN1C(=O)C(=O)/C(=C(/O)c2ccccc2)[C@@H]1c1ccccc1[N+](=O)[O-]. The van der Waals surface area contributed by atoms with Crippen molar-refractivity contribution in [2.45, 2.75) is 18.9 Å². The first-order chi connectivity index (χ1) is 14.3. The fourth-order valence-electron chi connectivity index (χ4n) is 3.47. The summed E-state index contributed by atoms with van der Waals surface area (Å²) in [6.07, 6.45) is -0.198. The van der Waals surface area contributed by atoms with Gasteiger partial charge in [-0.2, -0.15) is 0 Å². The van der Waals surface area contributed by atoms with Crippen molar-refractivity contribution in [3.63, 3.8) is 0 Å². The number of hydrogen-bond donors (Lipinski definition) is 2. The van der Waals surface area contributed by atoms with Gasteiger partial charge in [-0.25, -0.2) is 0 Å². The Morgan fingerprint density at radius 1 is 1.03 bits per heavy atom. The number of aliphatic hydroxyl groups excluding tert-OH is 1. The summed E-state index contributed by atoms with van der Waals surface area (Å²) in [6.45, 7) is -0.112. The van der Waals surface area contributed by atoms with Crippen LogP contribution in [0.1, 0.15) is 30.0 Å². The van der Waals surface area contributed by atoms with Crippen LogP contribution < -0.4 is 0 Å². The highest BCUT2D eigenvalue weighted by Gasteiger charge is 2.47. The molecule has 1 heterocycles. The molecular weight excluding hydrogens is 392 g/mol. The van der Waals surface area contributed by atoms with Crippen molar-refractivity contribution in [2.75, 3.05) is 6.54 Å². The van der Waals surface area contributed by atoms with Gasteiger partial charge in [-0.05, 0) is 12.5 Å². The molecule has 0 aliphatic carbocycles. The van der Waals surface area contributed by atoms with Gasteiger partial charge in [0.05, 0.1) is 22.1 Å². The van der Waals surface area contributed by atoms with Crippen molar-refractivity contribution in [1.29, 1.82) is 0 Å². The fraction of sp³-hybridized carbons (Fsp3) is 0.190. The highest BCUT2D eigenvalue weighted by atomic mass is 16.6. The topological polar surface area (TPSA) is 138 Å². The molecule has 0 bridgehead atoms. The second-order valence-electron chi connectivity index (χ2n) is 6.67. The van der Waals surface area contributed by atoms with Gasteiger partial charge in [-0.1, -0.05) is 42.5 Å². The molecule has 9 nitrogen and oxygen atoms in total. The lowest BCUT2D eigenvalue weighted by Crippen LogP contribution is -2.31. The lowest BCUT2D eigenvalue weighted by atomic mass is 9.94. The monoisotopic (exact) mass is 410 g/mol. The van der Waals surface area contributed by atoms with Crippen molar-refractivity contribution >= 4 is 29.1 Å². The van der Waals surface area contributed by atoms with Crippen molar-refractivity contribution in [1.82, 2.24) is 4.90 Å². The molecule has 1 aliphatic heterocycles. The zero-order chi connectivity index (χ0) is 21.8. The lowest BCUT2D eigenvalue weighted by Gasteiger charge is -2.24. The predicted molar refractivity (Wildman–Crippen MR) is 105 cm³/mol. The number of carbonyl (C=O) groups is 3. The summed E-state index contributed by atoms with van der Waals surface area (Å²) in [5, 5.41) is 31.3. The summed E-state index contributed by atoms with van der Waals surface area (Å²) >= 11 is 0. The van der Waals surface area contributed by atoms with E-state index >= 15 is 0 Å². The number of carboxylic acid groups (broad SMARTS) is 1. The second kappa shape index (κ2) is 8.56. The summed E-state index contributed by atoms with van der Waals surface area (Å²) in [5.74, 6) is -3.44. The van der Waals surface area contributed by atoms with E-state index in [1.807, 2.05) is 0 Å². The number of likely N-dealkylation sites (tertiary alicyclic amines) is 1. The van der Waals surface area contributed by atoms with Crippen LogP contribution in [0, 0.1) is 10.1 Å². The molecule has 2 N–H and O–H groups in total. The quantitative estimate of drug-likeness (QED) is 0.235. The molecule has 2 aromatic rings. The van der Waals surface area contributed by atoms with Crippen LogP contribution in [0.2, 0.25) is 0 Å². The van der Waals surface area contributed by atoms with E-state index in [1.54, 1.807) is 30.3 Å². The average Bonchev–Trinajstić information content (AvgIpc) is 2.98. The van der Waals surface area contributed by atoms with Gasteiger partial charge in [0, 0.05) is 24.6 Å². The van der Waals surface area contributed by atoms with Crippen molar-refractivity contribution in [3.8, 4) is 0 Å². The molecule has 1 aliphatic rings. The number of ketones is 1. The van der Waals surface area contributed by atoms with Gasteiger partial charge in [0.25, 0.3) is 17.4 Å². The van der Waals surface area contributed by atoms with Gasteiger partial charge in [-0.15, -0.1) is 0 Å². The molecule has 3 rings (SSSR count). The normalized spacial score (nSPS) is 17.9. The number of carboxylic acids is 1. The Hall–Kier alpha value is -4.01. The molecule has 30 heavy (non-hydrogen) atoms. The molecule has 0 spiro atoms. The minimum Gasteiger partial charge on any atom is -0.507 e. The van der Waals surface area contributed by atoms with Crippen LogP contribution in [-0.4, -0.2) is 44.2 Å². The van der Waals surface area contributed by atoms with E-state index in [-0.39, 0.29) is 41.8 Å². The molecule has 0 radical (unpaired) electrons. The zero-order valence-corrected chi connectivity index (χ0v) is 15.7. The third-order valence-electron chi connectivity index (χ3n) is 4.80. The van der Waals surface area contributed by atoms with Crippen LogP contribution in [0.25, 0.3) is 5.76 Å². The maximum atomic E-state index is 12.8. The summed E-state index contributed by atoms with van der Waals surface area (Å²) in [4.78, 5) is 48.4. The number of benzene rings is 2. The van der Waals surface area contributed by atoms with Crippen molar-refractivity contribution in [3.05, 3.63) is 81.4 Å². The van der Waals surface area contributed by atoms with E-state index in [0.717, 1.165) is 4.90 Å². The molecule has 0 unspecified atom stereocenters. The Balaban J connectivity index is 2.18. The first-order valence-corrected chi connectivity index (χ1v) is 9.12. The van der Waals surface area contributed by atoms with E-state index < -0.39 is 34.4 Å². The minimum atomic E-state index is -1.21. The molecule has 0 aromatic heterocycles. The van der Waals surface area contributed by atoms with Gasteiger partial charge < -0.3 is 15.1 Å². The molecule has 9 heteroatoms. The van der Waals surface area contributed by atoms with Gasteiger partial charge in [0.2, 0.25) is 0 Å². The highest BCUT2D eigenvalue weighted by molar-refractivity contribution is 6.46. The van der Waals surface area contributed by atoms with E-state index in [0.29, 0.717) is 0 Å². The lowest BCUT2D eigenvalue weighted by molar-refractivity contribution is -0.385. The third-order valence-corrected chi connectivity index (χ3v) is 4.80. The number of aliphatic carboxylic acids is 1. The van der Waals surface area contributed by atoms with Crippen LogP contribution >= 0.6 is 0 Å². The number of nitrogens with zero attached hydrogens (tertiary/aromatic N) is 2. The van der Waals surface area contributed by atoms with Crippen molar-refractivity contribution < 1.29 is 29.5 Å². The van der Waals surface area contributed by atoms with Gasteiger partial charge in [0.15, 0.2) is 0 Å². The van der Waals surface area contributed by atoms with Crippen LogP contribution in [0.4, 0.5) is 5.69 Å². The maximum Gasteiger partial charge on any atom is 0.303 e. The van der Waals surface area contributed by atoms with Gasteiger partial charge >= 0.3 is 5.97 Å². The number of aliphatic hydroxyl groups is 1. The Kier molecular flexibility index (Phi) is 5.91. The molecule has 1 fully saturated rings. The number of para-hydroxylation sites is 1. The highest BCUT2D eigenvalue weighted by Crippen LogP contribution is 2.42. The predicted octanol–water partition coefficient (Wildman–Crippen LogP) is 2.88. The minimum absolute atomic E-state index is 0.0465. The number of nitro benzene ring substituents is 1. The largest absolute Gasteiger partial charge is 0.507 e. The summed E-state index contributed by atoms with van der Waals surface area (Å²) in [7, 11) is 0. The van der Waals surface area contributed by atoms with Crippen LogP contribution in [0.5, 0.6) is 0 Å². The first kappa shape index (κ1) is 20.7. The van der Waals surface area contributed by atoms with Crippen LogP contribution in [0.3, 0.4) is 0 Å².